The number of nitrogen functional groups attached to an aromatic ring is 1. The average Bonchev–Trinajstić information content (AvgIpc) is 2.87. The molecular formula is C11H12N6O3. The van der Waals surface area contributed by atoms with E-state index in [9.17, 15) is 5.11 Å². The number of methoxy groups -OCH3 is 1. The van der Waals surface area contributed by atoms with Crippen LogP contribution in [0.3, 0.4) is 0 Å². The first kappa shape index (κ1) is 13.3. The van der Waals surface area contributed by atoms with E-state index in [0.29, 0.717) is 11.3 Å². The van der Waals surface area contributed by atoms with E-state index in [1.165, 1.54) is 13.3 Å². The Bertz CT molecular complexity index is 664. The molecule has 104 valence electrons. The van der Waals surface area contributed by atoms with Gasteiger partial charge in [0.1, 0.15) is 0 Å². The third-order valence-corrected chi connectivity index (χ3v) is 2.37. The van der Waals surface area contributed by atoms with Crippen LogP contribution >= 0.6 is 0 Å². The van der Waals surface area contributed by atoms with Crippen molar-refractivity contribution in [2.45, 2.75) is 0 Å². The van der Waals surface area contributed by atoms with Gasteiger partial charge < -0.3 is 21.3 Å². The molecule has 0 fully saturated rings. The van der Waals surface area contributed by atoms with Crippen LogP contribution < -0.4 is 16.2 Å². The first-order chi connectivity index (χ1) is 9.63. The lowest BCUT2D eigenvalue weighted by molar-refractivity contribution is 0.308. The summed E-state index contributed by atoms with van der Waals surface area (Å²) >= 11 is 0. The summed E-state index contributed by atoms with van der Waals surface area (Å²) in [5.41, 5.74) is 11.6. The number of nitrogens with zero attached hydrogens (tertiary/aromatic N) is 4. The van der Waals surface area contributed by atoms with Gasteiger partial charge in [0.25, 0.3) is 0 Å². The minimum Gasteiger partial charge on any atom is -0.504 e. The fourth-order valence-electron chi connectivity index (χ4n) is 1.38. The molecule has 0 atom stereocenters. The molecule has 0 saturated carbocycles. The summed E-state index contributed by atoms with van der Waals surface area (Å²) in [4.78, 5) is 0. The van der Waals surface area contributed by atoms with Gasteiger partial charge >= 0.3 is 0 Å². The van der Waals surface area contributed by atoms with Gasteiger partial charge in [0.15, 0.2) is 28.8 Å². The van der Waals surface area contributed by atoms with Gasteiger partial charge in [0.05, 0.1) is 13.3 Å². The molecule has 0 aliphatic heterocycles. The van der Waals surface area contributed by atoms with Crippen molar-refractivity contribution < 1.29 is 14.5 Å². The van der Waals surface area contributed by atoms with Gasteiger partial charge in [-0.25, -0.2) is 4.63 Å². The van der Waals surface area contributed by atoms with Gasteiger partial charge in [-0.05, 0) is 22.4 Å². The van der Waals surface area contributed by atoms with Crippen molar-refractivity contribution in [3.8, 4) is 11.5 Å². The lowest BCUT2D eigenvalue weighted by Gasteiger charge is -2.04. The highest BCUT2D eigenvalue weighted by atomic mass is 16.6. The van der Waals surface area contributed by atoms with Crippen molar-refractivity contribution in [2.24, 2.45) is 15.9 Å². The van der Waals surface area contributed by atoms with Gasteiger partial charge in [-0.1, -0.05) is 6.07 Å². The summed E-state index contributed by atoms with van der Waals surface area (Å²) in [5, 5.41) is 24.1. The van der Waals surface area contributed by atoms with E-state index in [1.54, 1.807) is 18.2 Å². The predicted molar refractivity (Wildman–Crippen MR) is 71.7 cm³/mol. The maximum absolute atomic E-state index is 9.83. The van der Waals surface area contributed by atoms with Crippen LogP contribution in [0.25, 0.3) is 0 Å². The highest BCUT2D eigenvalue weighted by Gasteiger charge is 2.10. The zero-order valence-corrected chi connectivity index (χ0v) is 10.5. The molecule has 0 unspecified atom stereocenters. The Morgan fingerprint density at radius 3 is 2.90 bits per heavy atom. The summed E-state index contributed by atoms with van der Waals surface area (Å²) in [6, 6.07) is 4.96. The summed E-state index contributed by atoms with van der Waals surface area (Å²) in [6.45, 7) is 0. The fraction of sp³-hybridized carbons (Fsp3) is 0.0909. The molecule has 2 rings (SSSR count). The number of phenolic OH excluding ortho intramolecular Hbond substituents is 1. The van der Waals surface area contributed by atoms with Gasteiger partial charge in [0, 0.05) is 5.56 Å². The Labute approximate surface area is 113 Å². The van der Waals surface area contributed by atoms with Crippen molar-refractivity contribution in [1.82, 2.24) is 10.3 Å². The largest absolute Gasteiger partial charge is 0.504 e. The molecule has 1 aromatic heterocycles. The lowest BCUT2D eigenvalue weighted by atomic mass is 10.2. The second-order valence-electron chi connectivity index (χ2n) is 3.63. The predicted octanol–water partition coefficient (Wildman–Crippen LogP) is 0.105. The van der Waals surface area contributed by atoms with Crippen LogP contribution in [0.5, 0.6) is 11.5 Å². The van der Waals surface area contributed by atoms with Crippen LogP contribution in [-0.4, -0.2) is 34.6 Å². The minimum absolute atomic E-state index is 0.0191. The molecular weight excluding hydrogens is 264 g/mol. The number of anilines is 1. The molecule has 20 heavy (non-hydrogen) atoms. The second kappa shape index (κ2) is 5.69. The molecule has 0 spiro atoms. The standard InChI is InChI=1S/C11H12N6O3/c1-19-7-4-2-3-6(9(7)18)5-14-15-10(12)8-11(13)17-20-16-8/h2-5,18H,1H3,(H2,12,15)(H2,13,17)/b14-5-. The highest BCUT2D eigenvalue weighted by molar-refractivity contribution is 5.99. The summed E-state index contributed by atoms with van der Waals surface area (Å²) in [5.74, 6) is 0.249. The number of aromatic nitrogens is 2. The van der Waals surface area contributed by atoms with E-state index in [4.69, 9.17) is 16.2 Å². The van der Waals surface area contributed by atoms with Crippen LogP contribution in [0.15, 0.2) is 33.0 Å². The quantitative estimate of drug-likeness (QED) is 0.408. The topological polar surface area (TPSA) is 145 Å². The van der Waals surface area contributed by atoms with Gasteiger partial charge in [0.2, 0.25) is 0 Å². The molecule has 0 aliphatic carbocycles. The zero-order chi connectivity index (χ0) is 14.5. The smallest absolute Gasteiger partial charge is 0.199 e. The summed E-state index contributed by atoms with van der Waals surface area (Å²) < 4.78 is 9.35. The maximum atomic E-state index is 9.83. The van der Waals surface area contributed by atoms with E-state index >= 15 is 0 Å². The number of para-hydroxylation sites is 1. The van der Waals surface area contributed by atoms with Crippen LogP contribution in [-0.2, 0) is 0 Å². The van der Waals surface area contributed by atoms with Gasteiger partial charge in [-0.2, -0.15) is 5.10 Å². The first-order valence-corrected chi connectivity index (χ1v) is 5.44. The van der Waals surface area contributed by atoms with E-state index in [1.807, 2.05) is 0 Å². The van der Waals surface area contributed by atoms with Gasteiger partial charge in [-0.3, -0.25) is 0 Å². The van der Waals surface area contributed by atoms with Crippen LogP contribution in [0.4, 0.5) is 5.82 Å². The molecule has 9 nitrogen and oxygen atoms in total. The zero-order valence-electron chi connectivity index (χ0n) is 10.5. The monoisotopic (exact) mass is 276 g/mol. The highest BCUT2D eigenvalue weighted by Crippen LogP contribution is 2.27. The van der Waals surface area contributed by atoms with Crippen molar-refractivity contribution in [3.63, 3.8) is 0 Å². The number of rotatable bonds is 4. The molecule has 0 aliphatic rings. The normalized spacial score (nSPS) is 11.9. The number of ether oxygens (including phenoxy) is 1. The third-order valence-electron chi connectivity index (χ3n) is 2.37. The van der Waals surface area contributed by atoms with Crippen molar-refractivity contribution in [1.29, 1.82) is 0 Å². The number of aromatic hydroxyl groups is 1. The average molecular weight is 276 g/mol. The molecule has 0 bridgehead atoms. The number of amidine groups is 1. The minimum atomic E-state index is -0.0533. The van der Waals surface area contributed by atoms with Crippen molar-refractivity contribution >= 4 is 17.9 Å². The molecule has 1 aromatic carbocycles. The van der Waals surface area contributed by atoms with Crippen LogP contribution in [0, 0.1) is 0 Å². The summed E-state index contributed by atoms with van der Waals surface area (Å²) in [7, 11) is 1.45. The van der Waals surface area contributed by atoms with Crippen LogP contribution in [0.1, 0.15) is 11.3 Å². The van der Waals surface area contributed by atoms with E-state index in [0.717, 1.165) is 0 Å². The third kappa shape index (κ3) is 2.66. The number of hydrogen-bond donors (Lipinski definition) is 3. The summed E-state index contributed by atoms with van der Waals surface area (Å²) in [6.07, 6.45) is 1.31. The molecule has 0 saturated heterocycles. The number of phenols is 1. The molecule has 5 N–H and O–H groups in total. The molecule has 0 amide bonds. The van der Waals surface area contributed by atoms with Gasteiger partial charge in [-0.15, -0.1) is 5.10 Å². The SMILES string of the molecule is COc1cccc(/C=N\N=C(N)c2nonc2N)c1O. The Morgan fingerprint density at radius 1 is 1.45 bits per heavy atom. The van der Waals surface area contributed by atoms with Crippen molar-refractivity contribution in [3.05, 3.63) is 29.5 Å². The number of hydrogen-bond acceptors (Lipinski definition) is 8. The number of nitrogens with two attached hydrogens (primary N) is 2. The van der Waals surface area contributed by atoms with E-state index in [2.05, 4.69) is 25.1 Å². The Balaban J connectivity index is 2.20. The van der Waals surface area contributed by atoms with E-state index in [-0.39, 0.29) is 23.1 Å². The molecule has 0 radical (unpaired) electrons. The maximum Gasteiger partial charge on any atom is 0.199 e. The fourth-order valence-corrected chi connectivity index (χ4v) is 1.38. The molecule has 1 heterocycles. The van der Waals surface area contributed by atoms with Crippen molar-refractivity contribution in [2.75, 3.05) is 12.8 Å². The molecule has 2 aromatic rings. The van der Waals surface area contributed by atoms with E-state index < -0.39 is 0 Å². The first-order valence-electron chi connectivity index (χ1n) is 5.44. The molecule has 9 heteroatoms. The second-order valence-corrected chi connectivity index (χ2v) is 3.63. The number of benzene rings is 1. The Hall–Kier alpha value is -3.10. The Morgan fingerprint density at radius 2 is 2.25 bits per heavy atom. The Kier molecular flexibility index (Phi) is 3.80. The lowest BCUT2D eigenvalue weighted by Crippen LogP contribution is -2.15. The van der Waals surface area contributed by atoms with Crippen LogP contribution in [0.2, 0.25) is 0 Å².